The molecule has 6 aromatic carbocycles. The van der Waals surface area contributed by atoms with Crippen molar-refractivity contribution in [3.8, 4) is 0 Å². The molecule has 2 aliphatic heterocycles. The number of aryl methyl sites for hydroxylation is 2. The lowest BCUT2D eigenvalue weighted by Gasteiger charge is -2.45. The molecule has 3 heteroatoms. The van der Waals surface area contributed by atoms with Crippen molar-refractivity contribution in [3.05, 3.63) is 161 Å². The van der Waals surface area contributed by atoms with E-state index in [9.17, 15) is 0 Å². The van der Waals surface area contributed by atoms with Gasteiger partial charge in [-0.2, -0.15) is 0 Å². The number of fused-ring (bicyclic) bond motifs is 4. The van der Waals surface area contributed by atoms with Crippen molar-refractivity contribution in [1.82, 2.24) is 0 Å². The van der Waals surface area contributed by atoms with Crippen LogP contribution in [0.15, 0.2) is 127 Å². The molecule has 0 aliphatic carbocycles. The van der Waals surface area contributed by atoms with Crippen LogP contribution in [0.25, 0.3) is 0 Å². The monoisotopic (exact) mass is 650 g/mol. The van der Waals surface area contributed by atoms with Crippen molar-refractivity contribution in [3.63, 3.8) is 0 Å². The lowest BCUT2D eigenvalue weighted by Crippen LogP contribution is -2.61. The maximum absolute atomic E-state index is 2.55. The van der Waals surface area contributed by atoms with E-state index in [-0.39, 0.29) is 12.1 Å². The number of nitrogens with zero attached hydrogens (tertiary/aromatic N) is 2. The average Bonchev–Trinajstić information content (AvgIpc) is 3.12. The molecule has 50 heavy (non-hydrogen) atoms. The first-order valence-electron chi connectivity index (χ1n) is 18.3. The van der Waals surface area contributed by atoms with Crippen LogP contribution >= 0.6 is 0 Å². The van der Waals surface area contributed by atoms with E-state index in [2.05, 4.69) is 193 Å². The Kier molecular flexibility index (Phi) is 7.79. The second kappa shape index (κ2) is 12.1. The van der Waals surface area contributed by atoms with Crippen molar-refractivity contribution in [1.29, 1.82) is 0 Å². The van der Waals surface area contributed by atoms with Gasteiger partial charge in [-0.15, -0.1) is 0 Å². The molecule has 0 spiro atoms. The maximum Gasteiger partial charge on any atom is 0.252 e. The predicted molar refractivity (Wildman–Crippen MR) is 217 cm³/mol. The number of rotatable bonds is 6. The highest BCUT2D eigenvalue weighted by Crippen LogP contribution is 2.47. The zero-order chi connectivity index (χ0) is 34.9. The summed E-state index contributed by atoms with van der Waals surface area (Å²) in [4.78, 5) is 5.09. The summed E-state index contributed by atoms with van der Waals surface area (Å²) in [6.45, 7) is 18.4. The van der Waals surface area contributed by atoms with Gasteiger partial charge in [-0.3, -0.25) is 0 Å². The molecule has 248 valence electrons. The minimum Gasteiger partial charge on any atom is -0.311 e. The van der Waals surface area contributed by atoms with Gasteiger partial charge in [0.15, 0.2) is 0 Å². The second-order valence-corrected chi connectivity index (χ2v) is 15.6. The third-order valence-corrected chi connectivity index (χ3v) is 11.2. The van der Waals surface area contributed by atoms with Gasteiger partial charge in [0, 0.05) is 39.5 Å². The molecule has 0 N–H and O–H groups in total. The van der Waals surface area contributed by atoms with Gasteiger partial charge in [-0.25, -0.2) is 0 Å². The standard InChI is InChI=1S/C47H47BN2/c1-30(2)34-17-22-39(23-18-34)50-43-25-19-35(31(3)4)27-41(43)48-40-26-33(6)16-24-42(40)49(38-20-14-32(5)15-21-38)44-28-37(29-45(50)46(44)48)47(7,8)36-12-10-9-11-13-36/h9-31H,1-8H3. The van der Waals surface area contributed by atoms with E-state index in [4.69, 9.17) is 0 Å². The summed E-state index contributed by atoms with van der Waals surface area (Å²) in [5.41, 5.74) is 19.2. The van der Waals surface area contributed by atoms with Crippen molar-refractivity contribution < 1.29 is 0 Å². The minimum absolute atomic E-state index is 0.102. The highest BCUT2D eigenvalue weighted by Gasteiger charge is 2.44. The molecular formula is C47H47BN2. The van der Waals surface area contributed by atoms with Crippen LogP contribution in [0.4, 0.5) is 34.1 Å². The van der Waals surface area contributed by atoms with E-state index in [0.717, 1.165) is 0 Å². The number of benzene rings is 6. The highest BCUT2D eigenvalue weighted by molar-refractivity contribution is 7.00. The Labute approximate surface area is 299 Å². The number of hydrogen-bond donors (Lipinski definition) is 0. The van der Waals surface area contributed by atoms with Gasteiger partial charge in [0.1, 0.15) is 0 Å². The Bertz CT molecular complexity index is 2210. The van der Waals surface area contributed by atoms with E-state index < -0.39 is 0 Å². The first-order valence-corrected chi connectivity index (χ1v) is 18.3. The Balaban J connectivity index is 1.50. The van der Waals surface area contributed by atoms with E-state index in [1.807, 2.05) is 0 Å². The molecule has 0 saturated heterocycles. The second-order valence-electron chi connectivity index (χ2n) is 15.6. The van der Waals surface area contributed by atoms with Crippen LogP contribution in [-0.2, 0) is 5.41 Å². The minimum atomic E-state index is -0.232. The molecule has 0 aromatic heterocycles. The van der Waals surface area contributed by atoms with Gasteiger partial charge in [0.25, 0.3) is 6.71 Å². The highest BCUT2D eigenvalue weighted by atomic mass is 15.2. The lowest BCUT2D eigenvalue weighted by molar-refractivity contribution is 0.641. The molecule has 0 amide bonds. The van der Waals surface area contributed by atoms with E-state index in [1.165, 1.54) is 83.9 Å². The Morgan fingerprint density at radius 2 is 0.980 bits per heavy atom. The summed E-state index contributed by atoms with van der Waals surface area (Å²) in [5, 5.41) is 0. The van der Waals surface area contributed by atoms with Gasteiger partial charge >= 0.3 is 0 Å². The van der Waals surface area contributed by atoms with Gasteiger partial charge in [-0.1, -0.05) is 132 Å². The normalized spacial score (nSPS) is 13.4. The average molecular weight is 651 g/mol. The van der Waals surface area contributed by atoms with E-state index in [0.29, 0.717) is 11.8 Å². The number of hydrogen-bond acceptors (Lipinski definition) is 2. The van der Waals surface area contributed by atoms with Crippen LogP contribution in [0, 0.1) is 13.8 Å². The van der Waals surface area contributed by atoms with Crippen LogP contribution in [0.5, 0.6) is 0 Å². The summed E-state index contributed by atoms with van der Waals surface area (Å²) in [5.74, 6) is 0.903. The predicted octanol–water partition coefficient (Wildman–Crippen LogP) is 11.0. The largest absolute Gasteiger partial charge is 0.311 e. The molecule has 0 fully saturated rings. The molecule has 2 aliphatic rings. The van der Waals surface area contributed by atoms with Gasteiger partial charge in [0.05, 0.1) is 0 Å². The summed E-state index contributed by atoms with van der Waals surface area (Å²) >= 11 is 0. The molecule has 0 saturated carbocycles. The van der Waals surface area contributed by atoms with E-state index >= 15 is 0 Å². The topological polar surface area (TPSA) is 6.48 Å². The SMILES string of the molecule is Cc1ccc(N2c3ccc(C)cc3B3c4cc(C(C)C)ccc4N(c4ccc(C(C)C)cc4)c4cc(C(C)(C)c5ccccc5)cc2c43)cc1. The lowest BCUT2D eigenvalue weighted by atomic mass is 9.33. The molecule has 0 atom stereocenters. The van der Waals surface area contributed by atoms with Crippen LogP contribution in [0.2, 0.25) is 0 Å². The van der Waals surface area contributed by atoms with Crippen molar-refractivity contribution in [2.75, 3.05) is 9.80 Å². The zero-order valence-electron chi connectivity index (χ0n) is 30.8. The number of anilines is 6. The van der Waals surface area contributed by atoms with Crippen molar-refractivity contribution >= 4 is 57.2 Å². The molecule has 2 heterocycles. The fourth-order valence-electron chi connectivity index (χ4n) is 8.14. The molecule has 0 bridgehead atoms. The fraction of sp³-hybridized carbons (Fsp3) is 0.234. The Morgan fingerprint density at radius 3 is 1.56 bits per heavy atom. The van der Waals surface area contributed by atoms with Crippen LogP contribution in [0.1, 0.15) is 86.8 Å². The molecule has 2 nitrogen and oxygen atoms in total. The first kappa shape index (κ1) is 32.2. The summed E-state index contributed by atoms with van der Waals surface area (Å²) in [6.07, 6.45) is 0. The Hall–Kier alpha value is -5.02. The van der Waals surface area contributed by atoms with Crippen LogP contribution < -0.4 is 26.2 Å². The molecule has 0 unspecified atom stereocenters. The first-order chi connectivity index (χ1) is 24.0. The van der Waals surface area contributed by atoms with E-state index in [1.54, 1.807) is 0 Å². The third-order valence-electron chi connectivity index (χ3n) is 11.2. The zero-order valence-corrected chi connectivity index (χ0v) is 30.8. The summed E-state index contributed by atoms with van der Waals surface area (Å²) in [7, 11) is 0. The molecule has 0 radical (unpaired) electrons. The van der Waals surface area contributed by atoms with Gasteiger partial charge in [-0.05, 0) is 113 Å². The quantitative estimate of drug-likeness (QED) is 0.165. The maximum atomic E-state index is 2.55. The van der Waals surface area contributed by atoms with Crippen molar-refractivity contribution in [2.45, 2.75) is 72.6 Å². The third kappa shape index (κ3) is 5.18. The van der Waals surface area contributed by atoms with Crippen molar-refractivity contribution in [2.24, 2.45) is 0 Å². The molecular weight excluding hydrogens is 603 g/mol. The Morgan fingerprint density at radius 1 is 0.480 bits per heavy atom. The fourth-order valence-corrected chi connectivity index (χ4v) is 8.14. The smallest absolute Gasteiger partial charge is 0.252 e. The summed E-state index contributed by atoms with van der Waals surface area (Å²) < 4.78 is 0. The summed E-state index contributed by atoms with van der Waals surface area (Å²) in [6, 6.07) is 48.7. The molecule has 8 rings (SSSR count). The van der Waals surface area contributed by atoms with Crippen LogP contribution in [0.3, 0.4) is 0 Å². The van der Waals surface area contributed by atoms with Gasteiger partial charge < -0.3 is 9.80 Å². The van der Waals surface area contributed by atoms with Gasteiger partial charge in [0.2, 0.25) is 0 Å². The molecule has 6 aromatic rings. The van der Waals surface area contributed by atoms with Crippen LogP contribution in [-0.4, -0.2) is 6.71 Å².